The maximum Gasteiger partial charge on any atom is 0.458 e. The SMILES string of the molecule is O=C(O)c1ccc(Br)cc1F.O=C(O)c1ccc(C(F)(F)C(F)(F)F)cc1F. The number of halogens is 8. The standard InChI is InChI=1S/C9H4F6O2.C7H4BrFO2/c10-6-3-4(1-2-5(6)7(16)17)8(11,12)9(13,14)15;8-4-1-2-5(7(10)11)6(9)3-4/h1-3H,(H,16,17);1-3H,(H,10,11). The Labute approximate surface area is 160 Å². The van der Waals surface area contributed by atoms with Gasteiger partial charge in [0.25, 0.3) is 0 Å². The molecule has 28 heavy (non-hydrogen) atoms. The highest BCUT2D eigenvalue weighted by Gasteiger charge is 2.58. The lowest BCUT2D eigenvalue weighted by Crippen LogP contribution is -2.33. The molecule has 0 unspecified atom stereocenters. The summed E-state index contributed by atoms with van der Waals surface area (Å²) < 4.78 is 87.4. The second-order valence-electron chi connectivity index (χ2n) is 5.00. The number of hydrogen-bond acceptors (Lipinski definition) is 2. The summed E-state index contributed by atoms with van der Waals surface area (Å²) in [7, 11) is 0. The zero-order chi connectivity index (χ0) is 21.9. The van der Waals surface area contributed by atoms with Crippen LogP contribution in [0.3, 0.4) is 0 Å². The van der Waals surface area contributed by atoms with E-state index < -0.39 is 46.8 Å². The fraction of sp³-hybridized carbons (Fsp3) is 0.125. The van der Waals surface area contributed by atoms with Gasteiger partial charge >= 0.3 is 24.0 Å². The first-order valence-electron chi connectivity index (χ1n) is 6.84. The average molecular weight is 477 g/mol. The monoisotopic (exact) mass is 476 g/mol. The Kier molecular flexibility index (Phi) is 7.18. The molecule has 0 aliphatic heterocycles. The summed E-state index contributed by atoms with van der Waals surface area (Å²) in [4.78, 5) is 20.6. The van der Waals surface area contributed by atoms with Gasteiger partial charge in [-0.05, 0) is 30.3 Å². The van der Waals surface area contributed by atoms with Crippen LogP contribution in [0.25, 0.3) is 0 Å². The molecule has 0 spiro atoms. The number of alkyl halides is 5. The summed E-state index contributed by atoms with van der Waals surface area (Å²) in [6, 6.07) is 4.24. The van der Waals surface area contributed by atoms with Gasteiger partial charge in [0.1, 0.15) is 11.6 Å². The Morgan fingerprint density at radius 1 is 0.786 bits per heavy atom. The van der Waals surface area contributed by atoms with Crippen molar-refractivity contribution in [2.75, 3.05) is 0 Å². The van der Waals surface area contributed by atoms with E-state index in [4.69, 9.17) is 10.2 Å². The van der Waals surface area contributed by atoms with Crippen LogP contribution in [-0.2, 0) is 5.92 Å². The molecule has 0 aromatic heterocycles. The van der Waals surface area contributed by atoms with Crippen molar-refractivity contribution in [3.05, 3.63) is 69.2 Å². The highest BCUT2D eigenvalue weighted by molar-refractivity contribution is 9.10. The van der Waals surface area contributed by atoms with Gasteiger partial charge in [-0.25, -0.2) is 18.4 Å². The molecule has 0 heterocycles. The van der Waals surface area contributed by atoms with Crippen molar-refractivity contribution in [2.45, 2.75) is 12.1 Å². The van der Waals surface area contributed by atoms with Crippen molar-refractivity contribution < 1.29 is 50.5 Å². The maximum atomic E-state index is 12.9. The van der Waals surface area contributed by atoms with Crippen LogP contribution < -0.4 is 0 Å². The zero-order valence-electron chi connectivity index (χ0n) is 13.2. The fourth-order valence-corrected chi connectivity index (χ4v) is 2.04. The quantitative estimate of drug-likeness (QED) is 0.576. The number of carboxylic acids is 2. The van der Waals surface area contributed by atoms with Gasteiger partial charge in [0.05, 0.1) is 11.1 Å². The number of rotatable bonds is 3. The molecule has 2 rings (SSSR count). The van der Waals surface area contributed by atoms with Gasteiger partial charge < -0.3 is 10.2 Å². The number of hydrogen-bond donors (Lipinski definition) is 2. The summed E-state index contributed by atoms with van der Waals surface area (Å²) >= 11 is 3.01. The van der Waals surface area contributed by atoms with Crippen LogP contribution >= 0.6 is 15.9 Å². The number of aromatic carboxylic acids is 2. The second kappa shape index (κ2) is 8.59. The minimum Gasteiger partial charge on any atom is -0.478 e. The Balaban J connectivity index is 0.000000307. The molecule has 0 aliphatic carbocycles. The van der Waals surface area contributed by atoms with E-state index in [1.165, 1.54) is 12.1 Å². The average Bonchev–Trinajstić information content (AvgIpc) is 2.53. The lowest BCUT2D eigenvalue weighted by Gasteiger charge is -2.19. The third-order valence-corrected chi connectivity index (χ3v) is 3.57. The third kappa shape index (κ3) is 5.44. The molecular formula is C16H8BrF7O4. The summed E-state index contributed by atoms with van der Waals surface area (Å²) in [6.45, 7) is 0. The first-order chi connectivity index (χ1) is 12.7. The van der Waals surface area contributed by atoms with Crippen molar-refractivity contribution in [2.24, 2.45) is 0 Å². The third-order valence-electron chi connectivity index (χ3n) is 3.08. The fourth-order valence-electron chi connectivity index (χ4n) is 1.71. The van der Waals surface area contributed by atoms with Crippen molar-refractivity contribution >= 4 is 27.9 Å². The van der Waals surface area contributed by atoms with Gasteiger partial charge in [-0.2, -0.15) is 22.0 Å². The summed E-state index contributed by atoms with van der Waals surface area (Å²) in [5, 5.41) is 16.8. The lowest BCUT2D eigenvalue weighted by molar-refractivity contribution is -0.289. The second-order valence-corrected chi connectivity index (χ2v) is 5.92. The van der Waals surface area contributed by atoms with Gasteiger partial charge in [-0.1, -0.05) is 22.0 Å². The van der Waals surface area contributed by atoms with Gasteiger partial charge in [-0.3, -0.25) is 0 Å². The van der Waals surface area contributed by atoms with Crippen molar-refractivity contribution in [3.8, 4) is 0 Å². The maximum absolute atomic E-state index is 12.9. The van der Waals surface area contributed by atoms with Gasteiger partial charge in [-0.15, -0.1) is 0 Å². The summed E-state index contributed by atoms with van der Waals surface area (Å²) in [5.74, 6) is -10.6. The molecule has 4 nitrogen and oxygen atoms in total. The Morgan fingerprint density at radius 2 is 1.21 bits per heavy atom. The molecule has 0 bridgehead atoms. The van der Waals surface area contributed by atoms with E-state index in [0.717, 1.165) is 6.07 Å². The van der Waals surface area contributed by atoms with E-state index in [-0.39, 0.29) is 17.7 Å². The van der Waals surface area contributed by atoms with Crippen molar-refractivity contribution in [3.63, 3.8) is 0 Å². The van der Waals surface area contributed by atoms with Crippen LogP contribution in [0.4, 0.5) is 30.7 Å². The largest absolute Gasteiger partial charge is 0.478 e. The van der Waals surface area contributed by atoms with Crippen molar-refractivity contribution in [1.29, 1.82) is 0 Å². The Morgan fingerprint density at radius 3 is 1.57 bits per heavy atom. The number of benzene rings is 2. The number of carboxylic acid groups (broad SMARTS) is 2. The van der Waals surface area contributed by atoms with Gasteiger partial charge in [0.2, 0.25) is 0 Å². The highest BCUT2D eigenvalue weighted by Crippen LogP contribution is 2.44. The molecule has 152 valence electrons. The Bertz CT molecular complexity index is 897. The smallest absolute Gasteiger partial charge is 0.458 e. The molecule has 0 amide bonds. The Hall–Kier alpha value is -2.63. The van der Waals surface area contributed by atoms with E-state index >= 15 is 0 Å². The van der Waals surface area contributed by atoms with Gasteiger partial charge in [0, 0.05) is 10.0 Å². The molecule has 0 saturated carbocycles. The van der Waals surface area contributed by atoms with E-state index in [9.17, 15) is 40.3 Å². The molecular weight excluding hydrogens is 469 g/mol. The topological polar surface area (TPSA) is 74.6 Å². The number of carbonyl (C=O) groups is 2. The minimum atomic E-state index is -5.87. The van der Waals surface area contributed by atoms with E-state index in [1.807, 2.05) is 0 Å². The molecule has 0 saturated heterocycles. The summed E-state index contributed by atoms with van der Waals surface area (Å²) in [6.07, 6.45) is -5.87. The highest BCUT2D eigenvalue weighted by atomic mass is 79.9. The van der Waals surface area contributed by atoms with Crippen LogP contribution in [0.15, 0.2) is 40.9 Å². The predicted molar refractivity (Wildman–Crippen MR) is 84.4 cm³/mol. The lowest BCUT2D eigenvalue weighted by atomic mass is 10.1. The van der Waals surface area contributed by atoms with E-state index in [1.54, 1.807) is 0 Å². The van der Waals surface area contributed by atoms with E-state index in [0.29, 0.717) is 10.5 Å². The van der Waals surface area contributed by atoms with Crippen LogP contribution in [0.1, 0.15) is 26.3 Å². The van der Waals surface area contributed by atoms with Crippen LogP contribution in [0, 0.1) is 11.6 Å². The zero-order valence-corrected chi connectivity index (χ0v) is 14.8. The molecule has 0 radical (unpaired) electrons. The molecule has 2 N–H and O–H groups in total. The first-order valence-corrected chi connectivity index (χ1v) is 7.64. The van der Waals surface area contributed by atoms with Crippen LogP contribution in [0.5, 0.6) is 0 Å². The van der Waals surface area contributed by atoms with Crippen molar-refractivity contribution in [1.82, 2.24) is 0 Å². The summed E-state index contributed by atoms with van der Waals surface area (Å²) in [5.41, 5.74) is -2.94. The normalized spacial score (nSPS) is 11.4. The van der Waals surface area contributed by atoms with Crippen LogP contribution in [-0.4, -0.2) is 28.3 Å². The molecule has 0 fully saturated rings. The predicted octanol–water partition coefficient (Wildman–Crippen LogP) is 5.46. The van der Waals surface area contributed by atoms with E-state index in [2.05, 4.69) is 15.9 Å². The molecule has 0 atom stereocenters. The van der Waals surface area contributed by atoms with Crippen LogP contribution in [0.2, 0.25) is 0 Å². The minimum absolute atomic E-state index is 0.142. The molecule has 12 heteroatoms. The first kappa shape index (κ1) is 23.4. The molecule has 0 aliphatic rings. The molecule has 2 aromatic carbocycles. The van der Waals surface area contributed by atoms with Gasteiger partial charge in [0.15, 0.2) is 0 Å². The molecule has 2 aromatic rings.